The second-order valence-corrected chi connectivity index (χ2v) is 10.8. The van der Waals surface area contributed by atoms with Gasteiger partial charge >= 0.3 is 0 Å². The van der Waals surface area contributed by atoms with Crippen molar-refractivity contribution >= 4 is 27.7 Å². The van der Waals surface area contributed by atoms with Crippen LogP contribution in [0.1, 0.15) is 37.7 Å². The van der Waals surface area contributed by atoms with Crippen LogP contribution in [-0.2, 0) is 20.9 Å². The molecule has 6 nitrogen and oxygen atoms in total. The molecule has 5 aliphatic rings. The molecule has 3 N–H and O–H groups in total. The summed E-state index contributed by atoms with van der Waals surface area (Å²) in [6.07, 6.45) is 4.17. The van der Waals surface area contributed by atoms with Crippen molar-refractivity contribution in [2.45, 2.75) is 50.8 Å². The van der Waals surface area contributed by atoms with Gasteiger partial charge in [-0.05, 0) is 83.5 Å². The van der Waals surface area contributed by atoms with E-state index in [0.717, 1.165) is 44.2 Å². The molecule has 5 fully saturated rings. The lowest BCUT2D eigenvalue weighted by Gasteiger charge is -2.59. The zero-order valence-electron chi connectivity index (χ0n) is 17.5. The van der Waals surface area contributed by atoms with Gasteiger partial charge in [0.1, 0.15) is 11.9 Å². The normalized spacial score (nSPS) is 37.0. The van der Waals surface area contributed by atoms with Crippen molar-refractivity contribution < 1.29 is 18.7 Å². The van der Waals surface area contributed by atoms with Crippen molar-refractivity contribution in [3.63, 3.8) is 0 Å². The Labute approximate surface area is 190 Å². The molecule has 6 rings (SSSR count). The molecule has 8 heteroatoms. The van der Waals surface area contributed by atoms with Crippen LogP contribution >= 0.6 is 15.9 Å². The van der Waals surface area contributed by atoms with E-state index in [1.807, 2.05) is 0 Å². The maximum absolute atomic E-state index is 13.5. The van der Waals surface area contributed by atoms with E-state index >= 15 is 0 Å². The molecule has 0 spiro atoms. The van der Waals surface area contributed by atoms with Crippen LogP contribution in [0.25, 0.3) is 0 Å². The topological polar surface area (TPSA) is 84.7 Å². The molecular formula is C23H29BrFN3O3. The third-order valence-corrected chi connectivity index (χ3v) is 8.55. The molecule has 3 atom stereocenters. The van der Waals surface area contributed by atoms with E-state index in [1.54, 1.807) is 12.1 Å². The molecule has 31 heavy (non-hydrogen) atoms. The van der Waals surface area contributed by atoms with Crippen LogP contribution in [0, 0.1) is 29.0 Å². The van der Waals surface area contributed by atoms with Crippen molar-refractivity contribution in [3.05, 3.63) is 34.1 Å². The maximum Gasteiger partial charge on any atom is 0.250 e. The number of rotatable bonds is 5. The lowest BCUT2D eigenvalue weighted by atomic mass is 9.47. The summed E-state index contributed by atoms with van der Waals surface area (Å²) in [6, 6.07) is 5.12. The predicted molar refractivity (Wildman–Crippen MR) is 116 cm³/mol. The van der Waals surface area contributed by atoms with E-state index < -0.39 is 6.10 Å². The fourth-order valence-electron chi connectivity index (χ4n) is 6.72. The van der Waals surface area contributed by atoms with Crippen molar-refractivity contribution in [3.8, 4) is 0 Å². The number of primary amides is 1. The van der Waals surface area contributed by atoms with Gasteiger partial charge in [0.15, 0.2) is 0 Å². The van der Waals surface area contributed by atoms with Gasteiger partial charge in [0, 0.05) is 31.1 Å². The molecule has 4 saturated carbocycles. The molecule has 1 saturated heterocycles. The number of amides is 2. The van der Waals surface area contributed by atoms with Crippen LogP contribution in [0.5, 0.6) is 0 Å². The standard InChI is InChI=1S/C23H29BrFN3O3/c24-17-7-13(1-2-18(17)25)11-28-3-4-31-19(12-28)21(29)27-20-15-5-14-6-16(20)10-23(8-14,9-15)22(26)30/h1-2,7,14-16,19-20H,3-6,8-12H2,(H2,26,30)(H,27,29)/t14?,15?,16?,19-,20?,23?/m1/s1. The first-order valence-electron chi connectivity index (χ1n) is 11.2. The van der Waals surface area contributed by atoms with E-state index in [0.29, 0.717) is 41.9 Å². The molecule has 2 amide bonds. The van der Waals surface area contributed by atoms with E-state index in [9.17, 15) is 14.0 Å². The summed E-state index contributed by atoms with van der Waals surface area (Å²) in [4.78, 5) is 27.4. The highest BCUT2D eigenvalue weighted by molar-refractivity contribution is 9.10. The molecule has 168 valence electrons. The smallest absolute Gasteiger partial charge is 0.250 e. The van der Waals surface area contributed by atoms with Crippen LogP contribution in [0.15, 0.2) is 22.7 Å². The molecule has 4 aliphatic carbocycles. The second kappa shape index (κ2) is 8.12. The first-order chi connectivity index (χ1) is 14.8. The summed E-state index contributed by atoms with van der Waals surface area (Å²) in [7, 11) is 0. The summed E-state index contributed by atoms with van der Waals surface area (Å²) in [5.41, 5.74) is 6.42. The monoisotopic (exact) mass is 493 g/mol. The molecule has 4 bridgehead atoms. The summed E-state index contributed by atoms with van der Waals surface area (Å²) >= 11 is 3.23. The van der Waals surface area contributed by atoms with Crippen molar-refractivity contribution in [2.24, 2.45) is 28.9 Å². The first-order valence-corrected chi connectivity index (χ1v) is 12.0. The molecule has 1 heterocycles. The lowest BCUT2D eigenvalue weighted by molar-refractivity contribution is -0.151. The Hall–Kier alpha value is -1.51. The average molecular weight is 494 g/mol. The maximum atomic E-state index is 13.5. The summed E-state index contributed by atoms with van der Waals surface area (Å²) < 4.78 is 19.8. The number of morpholine rings is 1. The molecule has 2 unspecified atom stereocenters. The van der Waals surface area contributed by atoms with E-state index in [-0.39, 0.29) is 29.1 Å². The first kappa shape index (κ1) is 21.3. The molecule has 1 aliphatic heterocycles. The highest BCUT2D eigenvalue weighted by atomic mass is 79.9. The highest BCUT2D eigenvalue weighted by Gasteiger charge is 2.58. The predicted octanol–water partition coefficient (Wildman–Crippen LogP) is 2.59. The Bertz CT molecular complexity index is 881. The van der Waals surface area contributed by atoms with Crippen LogP contribution in [0.3, 0.4) is 0 Å². The van der Waals surface area contributed by atoms with Gasteiger partial charge in [-0.15, -0.1) is 0 Å². The number of carbonyl (C=O) groups excluding carboxylic acids is 2. The van der Waals surface area contributed by atoms with Crippen molar-refractivity contribution in [1.29, 1.82) is 0 Å². The number of halogens is 2. The van der Waals surface area contributed by atoms with Gasteiger partial charge in [-0.3, -0.25) is 14.5 Å². The fraction of sp³-hybridized carbons (Fsp3) is 0.652. The number of carbonyl (C=O) groups is 2. The van der Waals surface area contributed by atoms with Gasteiger partial charge in [-0.25, -0.2) is 4.39 Å². The quantitative estimate of drug-likeness (QED) is 0.659. The van der Waals surface area contributed by atoms with Gasteiger partial charge in [-0.2, -0.15) is 0 Å². The minimum atomic E-state index is -0.514. The van der Waals surface area contributed by atoms with Crippen LogP contribution in [0.2, 0.25) is 0 Å². The number of nitrogens with zero attached hydrogens (tertiary/aromatic N) is 1. The number of benzene rings is 1. The third-order valence-electron chi connectivity index (χ3n) is 7.94. The van der Waals surface area contributed by atoms with Gasteiger partial charge < -0.3 is 15.8 Å². The minimum absolute atomic E-state index is 0.0596. The van der Waals surface area contributed by atoms with E-state index in [4.69, 9.17) is 10.5 Å². The summed E-state index contributed by atoms with van der Waals surface area (Å²) in [5.74, 6) is 0.732. The van der Waals surface area contributed by atoms with Crippen molar-refractivity contribution in [2.75, 3.05) is 19.7 Å². The molecule has 0 radical (unpaired) electrons. The SMILES string of the molecule is NC(=O)C12CC3CC(C1)C(NC(=O)[C@H]1CN(Cc4ccc(F)c(Br)c4)CCO1)C(C3)C2. The zero-order chi connectivity index (χ0) is 21.8. The fourth-order valence-corrected chi connectivity index (χ4v) is 7.15. The third kappa shape index (κ3) is 4.02. The average Bonchev–Trinajstić information content (AvgIpc) is 2.73. The molecule has 1 aromatic carbocycles. The number of ether oxygens (including phenoxy) is 1. The molecule has 1 aromatic rings. The summed E-state index contributed by atoms with van der Waals surface area (Å²) in [6.45, 7) is 2.38. The lowest BCUT2D eigenvalue weighted by Crippen LogP contribution is -2.63. The minimum Gasteiger partial charge on any atom is -0.369 e. The Morgan fingerprint density at radius 3 is 2.68 bits per heavy atom. The second-order valence-electron chi connectivity index (χ2n) is 9.99. The Morgan fingerprint density at radius 2 is 2.00 bits per heavy atom. The van der Waals surface area contributed by atoms with Gasteiger partial charge in [0.05, 0.1) is 11.1 Å². The van der Waals surface area contributed by atoms with Gasteiger partial charge in [-0.1, -0.05) is 6.07 Å². The van der Waals surface area contributed by atoms with Gasteiger partial charge in [0.25, 0.3) is 5.91 Å². The Kier molecular flexibility index (Phi) is 5.59. The summed E-state index contributed by atoms with van der Waals surface area (Å²) in [5, 5.41) is 3.29. The van der Waals surface area contributed by atoms with E-state index in [2.05, 4.69) is 26.1 Å². The van der Waals surface area contributed by atoms with Crippen LogP contribution in [-0.4, -0.2) is 48.6 Å². The largest absolute Gasteiger partial charge is 0.369 e. The Balaban J connectivity index is 1.21. The van der Waals surface area contributed by atoms with Crippen molar-refractivity contribution in [1.82, 2.24) is 10.2 Å². The number of hydrogen-bond acceptors (Lipinski definition) is 4. The van der Waals surface area contributed by atoms with Crippen LogP contribution in [0.4, 0.5) is 4.39 Å². The van der Waals surface area contributed by atoms with E-state index in [1.165, 1.54) is 6.07 Å². The van der Waals surface area contributed by atoms with Crippen LogP contribution < -0.4 is 11.1 Å². The Morgan fingerprint density at radius 1 is 1.26 bits per heavy atom. The highest BCUT2D eigenvalue weighted by Crippen LogP contribution is 2.59. The number of nitrogens with one attached hydrogen (secondary N) is 1. The zero-order valence-corrected chi connectivity index (χ0v) is 19.1. The number of hydrogen-bond donors (Lipinski definition) is 2. The number of nitrogens with two attached hydrogens (primary N) is 1. The molecule has 0 aromatic heterocycles. The van der Waals surface area contributed by atoms with Gasteiger partial charge in [0.2, 0.25) is 5.91 Å². The molecular weight excluding hydrogens is 465 g/mol.